The first-order chi connectivity index (χ1) is 10.2. The number of pyridine rings is 1. The molecule has 0 unspecified atom stereocenters. The number of para-hydroxylation sites is 1. The highest BCUT2D eigenvalue weighted by Gasteiger charge is 2.18. The first kappa shape index (κ1) is 11.8. The molecule has 0 radical (unpaired) electrons. The molecule has 0 saturated carbocycles. The molecule has 0 fully saturated rings. The van der Waals surface area contributed by atoms with Crippen LogP contribution in [0.3, 0.4) is 0 Å². The predicted octanol–water partition coefficient (Wildman–Crippen LogP) is 2.20. The Kier molecular flexibility index (Phi) is 2.41. The van der Waals surface area contributed by atoms with Gasteiger partial charge in [0.25, 0.3) is 0 Å². The summed E-state index contributed by atoms with van der Waals surface area (Å²) in [5.74, 6) is -0.382. The molecule has 0 bridgehead atoms. The van der Waals surface area contributed by atoms with Crippen molar-refractivity contribution in [3.8, 4) is 5.69 Å². The Hall–Kier alpha value is -2.95. The molecule has 2 aromatic heterocycles. The quantitative estimate of drug-likeness (QED) is 0.534. The minimum atomic E-state index is -0.382. The van der Waals surface area contributed by atoms with E-state index in [1.807, 2.05) is 30.3 Å². The molecule has 21 heavy (non-hydrogen) atoms. The summed E-state index contributed by atoms with van der Waals surface area (Å²) in [6, 6.07) is 17.3. The number of nitrogens with zero attached hydrogens (tertiary/aromatic N) is 2. The topological polar surface area (TPSA) is 41.9 Å². The molecule has 102 valence electrons. The number of aromatic amines is 1. The van der Waals surface area contributed by atoms with Crippen molar-refractivity contribution in [1.82, 2.24) is 9.90 Å². The summed E-state index contributed by atoms with van der Waals surface area (Å²) in [5.41, 5.74) is 1.65. The van der Waals surface area contributed by atoms with Gasteiger partial charge in [-0.05, 0) is 30.3 Å². The Bertz CT molecular complexity index is 1030. The van der Waals surface area contributed by atoms with E-state index in [4.69, 9.17) is 0 Å². The van der Waals surface area contributed by atoms with Crippen molar-refractivity contribution >= 4 is 16.4 Å². The Labute approximate surface area is 118 Å². The molecular formula is C16H11FN3O+. The molecule has 0 spiro atoms. The van der Waals surface area contributed by atoms with Crippen LogP contribution in [0.2, 0.25) is 0 Å². The van der Waals surface area contributed by atoms with Gasteiger partial charge in [-0.1, -0.05) is 34.2 Å². The highest BCUT2D eigenvalue weighted by Crippen LogP contribution is 2.10. The fraction of sp³-hybridized carbons (Fsp3) is 0. The Morgan fingerprint density at radius 1 is 0.952 bits per heavy atom. The number of fused-ring (bicyclic) bond motifs is 3. The number of halogens is 1. The van der Waals surface area contributed by atoms with E-state index in [1.165, 1.54) is 16.8 Å². The summed E-state index contributed by atoms with van der Waals surface area (Å²) in [6.45, 7) is 0. The molecular weight excluding hydrogens is 269 g/mol. The molecule has 0 amide bonds. The van der Waals surface area contributed by atoms with E-state index in [-0.39, 0.29) is 11.4 Å². The Balaban J connectivity index is 2.10. The lowest BCUT2D eigenvalue weighted by Crippen LogP contribution is -2.25. The van der Waals surface area contributed by atoms with Gasteiger partial charge in [-0.15, -0.1) is 4.52 Å². The van der Waals surface area contributed by atoms with Crippen molar-refractivity contribution in [2.45, 2.75) is 0 Å². The van der Waals surface area contributed by atoms with E-state index in [1.54, 1.807) is 22.7 Å². The monoisotopic (exact) mass is 280 g/mol. The van der Waals surface area contributed by atoms with Crippen LogP contribution >= 0.6 is 0 Å². The van der Waals surface area contributed by atoms with Crippen LogP contribution in [0.25, 0.3) is 22.1 Å². The second-order valence-electron chi connectivity index (χ2n) is 4.83. The molecule has 4 rings (SSSR count). The van der Waals surface area contributed by atoms with Crippen LogP contribution in [0.4, 0.5) is 4.39 Å². The summed E-state index contributed by atoms with van der Waals surface area (Å²) >= 11 is 0. The maximum atomic E-state index is 13.4. The smallest absolute Gasteiger partial charge is 0.234 e. The van der Waals surface area contributed by atoms with Gasteiger partial charge < -0.3 is 0 Å². The van der Waals surface area contributed by atoms with E-state index in [2.05, 4.69) is 5.21 Å². The maximum absolute atomic E-state index is 13.4. The van der Waals surface area contributed by atoms with Gasteiger partial charge in [0, 0.05) is 11.5 Å². The molecule has 4 nitrogen and oxygen atoms in total. The zero-order valence-electron chi connectivity index (χ0n) is 11.0. The largest absolute Gasteiger partial charge is 0.406 e. The van der Waals surface area contributed by atoms with Gasteiger partial charge in [-0.3, -0.25) is 0 Å². The average Bonchev–Trinajstić information content (AvgIpc) is 2.85. The van der Waals surface area contributed by atoms with Crippen LogP contribution in [-0.2, 0) is 0 Å². The standard InChI is InChI=1S/C16H10FN3O/c17-12-5-3-6-13(10-12)19-16(21)15-9-8-11-4-1-2-7-14(11)20(15)18-19/h1-10H/p+1. The second kappa shape index (κ2) is 4.28. The van der Waals surface area contributed by atoms with Crippen molar-refractivity contribution < 1.29 is 8.91 Å². The summed E-state index contributed by atoms with van der Waals surface area (Å²) in [5, 5.41) is 4.02. The SMILES string of the molecule is O=c1c2ccc3ccccc3[n+]2[nH]n1-c1cccc(F)c1. The van der Waals surface area contributed by atoms with E-state index < -0.39 is 0 Å². The summed E-state index contributed by atoms with van der Waals surface area (Å²) in [6.07, 6.45) is 0. The number of nitrogens with one attached hydrogen (secondary N) is 1. The first-order valence-electron chi connectivity index (χ1n) is 6.54. The molecule has 0 saturated heterocycles. The number of aromatic nitrogens is 3. The van der Waals surface area contributed by atoms with E-state index in [9.17, 15) is 9.18 Å². The molecule has 1 N–H and O–H groups in total. The summed E-state index contributed by atoms with van der Waals surface area (Å²) in [4.78, 5) is 12.5. The van der Waals surface area contributed by atoms with Crippen LogP contribution in [0.1, 0.15) is 0 Å². The normalized spacial score (nSPS) is 11.3. The summed E-state index contributed by atoms with van der Waals surface area (Å²) < 4.78 is 16.4. The number of hydrogen-bond acceptors (Lipinski definition) is 1. The molecule has 5 heteroatoms. The molecule has 4 aromatic rings. The van der Waals surface area contributed by atoms with E-state index >= 15 is 0 Å². The van der Waals surface area contributed by atoms with Crippen molar-refractivity contribution in [3.63, 3.8) is 0 Å². The van der Waals surface area contributed by atoms with Crippen LogP contribution in [0, 0.1) is 5.82 Å². The van der Waals surface area contributed by atoms with Crippen LogP contribution in [0.5, 0.6) is 0 Å². The third-order valence-corrected chi connectivity index (χ3v) is 3.53. The lowest BCUT2D eigenvalue weighted by Gasteiger charge is -1.94. The average molecular weight is 280 g/mol. The Morgan fingerprint density at radius 2 is 1.81 bits per heavy atom. The fourth-order valence-corrected chi connectivity index (χ4v) is 2.53. The lowest BCUT2D eigenvalue weighted by molar-refractivity contribution is -0.555. The molecule has 0 aliphatic carbocycles. The molecule has 0 aliphatic rings. The van der Waals surface area contributed by atoms with Gasteiger partial charge >= 0.3 is 5.56 Å². The van der Waals surface area contributed by atoms with Gasteiger partial charge in [0.1, 0.15) is 5.82 Å². The van der Waals surface area contributed by atoms with Crippen LogP contribution in [0.15, 0.2) is 65.5 Å². The highest BCUT2D eigenvalue weighted by atomic mass is 19.1. The highest BCUT2D eigenvalue weighted by molar-refractivity contribution is 5.76. The van der Waals surface area contributed by atoms with Crippen molar-refractivity contribution in [1.29, 1.82) is 0 Å². The number of hydrogen-bond donors (Lipinski definition) is 1. The van der Waals surface area contributed by atoms with Gasteiger partial charge in [-0.2, -0.15) is 0 Å². The number of benzene rings is 2. The number of rotatable bonds is 1. The minimum Gasteiger partial charge on any atom is -0.234 e. The van der Waals surface area contributed by atoms with Crippen LogP contribution in [-0.4, -0.2) is 9.90 Å². The number of H-pyrrole nitrogens is 1. The Morgan fingerprint density at radius 3 is 2.67 bits per heavy atom. The van der Waals surface area contributed by atoms with E-state index in [0.717, 1.165) is 10.9 Å². The molecule has 0 atom stereocenters. The van der Waals surface area contributed by atoms with Gasteiger partial charge in [0.15, 0.2) is 11.2 Å². The molecule has 2 aromatic carbocycles. The third kappa shape index (κ3) is 1.74. The van der Waals surface area contributed by atoms with Gasteiger partial charge in [0.05, 0.1) is 0 Å². The van der Waals surface area contributed by atoms with Crippen molar-refractivity contribution in [2.24, 2.45) is 0 Å². The first-order valence-corrected chi connectivity index (χ1v) is 6.54. The second-order valence-corrected chi connectivity index (χ2v) is 4.83. The van der Waals surface area contributed by atoms with Crippen molar-refractivity contribution in [3.05, 3.63) is 76.8 Å². The minimum absolute atomic E-state index is 0.216. The molecule has 0 aliphatic heterocycles. The molecule has 2 heterocycles. The van der Waals surface area contributed by atoms with Crippen LogP contribution < -0.4 is 10.1 Å². The van der Waals surface area contributed by atoms with Crippen molar-refractivity contribution in [2.75, 3.05) is 0 Å². The van der Waals surface area contributed by atoms with Gasteiger partial charge in [-0.25, -0.2) is 9.18 Å². The fourth-order valence-electron chi connectivity index (χ4n) is 2.53. The zero-order chi connectivity index (χ0) is 14.4. The lowest BCUT2D eigenvalue weighted by atomic mass is 10.2. The third-order valence-electron chi connectivity index (χ3n) is 3.53. The predicted molar refractivity (Wildman–Crippen MR) is 77.0 cm³/mol. The summed E-state index contributed by atoms with van der Waals surface area (Å²) in [7, 11) is 0. The maximum Gasteiger partial charge on any atom is 0.406 e. The van der Waals surface area contributed by atoms with E-state index in [0.29, 0.717) is 11.2 Å². The van der Waals surface area contributed by atoms with Gasteiger partial charge in [0.2, 0.25) is 5.52 Å². The zero-order valence-corrected chi connectivity index (χ0v) is 11.0.